The summed E-state index contributed by atoms with van der Waals surface area (Å²) in [5.74, 6) is -0.106. The number of nitrogens with zero attached hydrogens (tertiary/aromatic N) is 6. The van der Waals surface area contributed by atoms with Crippen molar-refractivity contribution in [2.75, 3.05) is 18.0 Å². The van der Waals surface area contributed by atoms with Crippen LogP contribution in [0.3, 0.4) is 0 Å². The van der Waals surface area contributed by atoms with Crippen molar-refractivity contribution in [2.24, 2.45) is 10.9 Å². The van der Waals surface area contributed by atoms with E-state index in [0.717, 1.165) is 5.71 Å². The zero-order chi connectivity index (χ0) is 24.6. The van der Waals surface area contributed by atoms with Crippen molar-refractivity contribution in [1.29, 1.82) is 5.41 Å². The van der Waals surface area contributed by atoms with Gasteiger partial charge in [-0.05, 0) is 0 Å². The fraction of sp³-hybridized carbons (Fsp3) is 0.227. The molecule has 1 aliphatic rings. The van der Waals surface area contributed by atoms with Crippen molar-refractivity contribution in [3.05, 3.63) is 60.7 Å². The highest BCUT2D eigenvalue weighted by atomic mass is 19.1. The number of nitrogens with two attached hydrogens (primary N) is 1. The van der Waals surface area contributed by atoms with Crippen LogP contribution in [-0.2, 0) is 11.3 Å². The van der Waals surface area contributed by atoms with Gasteiger partial charge in [0.1, 0.15) is 18.8 Å². The van der Waals surface area contributed by atoms with E-state index in [9.17, 15) is 9.18 Å². The largest absolute Gasteiger partial charge is 0.444 e. The highest BCUT2D eigenvalue weighted by Crippen LogP contribution is 2.26. The minimum atomic E-state index is -0.939. The summed E-state index contributed by atoms with van der Waals surface area (Å²) in [6, 6.07) is 4.73. The van der Waals surface area contributed by atoms with Gasteiger partial charge in [-0.1, -0.05) is 23.4 Å². The Morgan fingerprint density at radius 3 is 2.57 bits per heavy atom. The van der Waals surface area contributed by atoms with Gasteiger partial charge >= 0.3 is 6.09 Å². The number of hydrogen-bond donors (Lipinski definition) is 3. The average Bonchev–Trinajstić information content (AvgIpc) is 2.88. The Hall–Kier alpha value is -4.68. The number of benzene rings is 1. The van der Waals surface area contributed by atoms with Gasteiger partial charge in [0.25, 0.3) is 0 Å². The predicted octanol–water partition coefficient (Wildman–Crippen LogP) is 2.23. The van der Waals surface area contributed by atoms with Gasteiger partial charge in [0.15, 0.2) is 11.7 Å². The number of halogens is 1. The number of anilines is 1. The lowest BCUT2D eigenvalue weighted by atomic mass is 10.1. The summed E-state index contributed by atoms with van der Waals surface area (Å²) in [6.07, 6.45) is 8.04. The maximum Gasteiger partial charge on any atom is 0.414 e. The lowest BCUT2D eigenvalue weighted by Crippen LogP contribution is -2.36. The van der Waals surface area contributed by atoms with E-state index in [1.807, 2.05) is 10.2 Å². The smallest absolute Gasteiger partial charge is 0.414 e. The molecule has 4 N–H and O–H groups in total. The van der Waals surface area contributed by atoms with Crippen LogP contribution in [0.15, 0.2) is 54.5 Å². The number of guanidine groups is 1. The van der Waals surface area contributed by atoms with Gasteiger partial charge in [0.05, 0.1) is 18.1 Å². The number of ether oxygens (including phenoxy) is 1. The van der Waals surface area contributed by atoms with Crippen LogP contribution in [0.25, 0.3) is 11.1 Å². The molecule has 0 radical (unpaired) electrons. The summed E-state index contributed by atoms with van der Waals surface area (Å²) in [6.45, 7) is 1.00. The van der Waals surface area contributed by atoms with Crippen LogP contribution in [0.5, 0.6) is 5.75 Å². The van der Waals surface area contributed by atoms with Crippen molar-refractivity contribution in [3.63, 3.8) is 0 Å². The normalized spacial score (nSPS) is 13.2. The maximum atomic E-state index is 15.0. The van der Waals surface area contributed by atoms with E-state index in [-0.39, 0.29) is 17.7 Å². The molecule has 3 heterocycles. The van der Waals surface area contributed by atoms with E-state index in [1.165, 1.54) is 12.4 Å². The molecule has 35 heavy (non-hydrogen) atoms. The molecule has 0 aliphatic carbocycles. The summed E-state index contributed by atoms with van der Waals surface area (Å²) in [4.78, 5) is 35.4. The molecule has 0 spiro atoms. The monoisotopic (exact) mass is 479 g/mol. The first-order valence-electron chi connectivity index (χ1n) is 10.6. The molecule has 0 unspecified atom stereocenters. The second-order valence-electron chi connectivity index (χ2n) is 7.48. The topological polar surface area (TPSA) is 165 Å². The first-order chi connectivity index (χ1) is 17.0. The summed E-state index contributed by atoms with van der Waals surface area (Å²) in [5, 5.41) is 13.1. The average molecular weight is 479 g/mol. The number of hydrogen-bond acceptors (Lipinski definition) is 10. The summed E-state index contributed by atoms with van der Waals surface area (Å²) in [5.41, 5.74) is 6.91. The fourth-order valence-electron chi connectivity index (χ4n) is 3.33. The summed E-state index contributed by atoms with van der Waals surface area (Å²) in [7, 11) is 0. The Labute approximate surface area is 199 Å². The van der Waals surface area contributed by atoms with Crippen LogP contribution < -0.4 is 20.8 Å². The Bertz CT molecular complexity index is 1210. The molecule has 4 rings (SSSR count). The summed E-state index contributed by atoms with van der Waals surface area (Å²) >= 11 is 0. The molecule has 0 saturated carbocycles. The minimum Gasteiger partial charge on any atom is -0.444 e. The highest BCUT2D eigenvalue weighted by molar-refractivity contribution is 5.90. The second-order valence-corrected chi connectivity index (χ2v) is 7.48. The number of alkyl carbamates (subject to hydrolysis) is 1. The van der Waals surface area contributed by atoms with Crippen molar-refractivity contribution >= 4 is 23.7 Å². The molecular formula is C22H22FN9O3. The number of carbonyl (C=O) groups is 1. The third-order valence-corrected chi connectivity index (χ3v) is 5.06. The molecule has 1 amide bonds. The summed E-state index contributed by atoms with van der Waals surface area (Å²) < 4.78 is 19.9. The Morgan fingerprint density at radius 2 is 1.89 bits per heavy atom. The van der Waals surface area contributed by atoms with Gasteiger partial charge in [-0.15, -0.1) is 0 Å². The Kier molecular flexibility index (Phi) is 7.35. The molecular weight excluding hydrogens is 457 g/mol. The minimum absolute atomic E-state index is 0.164. The maximum absolute atomic E-state index is 15.0. The zero-order valence-electron chi connectivity index (χ0n) is 18.5. The van der Waals surface area contributed by atoms with Crippen molar-refractivity contribution < 1.29 is 18.8 Å². The van der Waals surface area contributed by atoms with Crippen LogP contribution >= 0.6 is 0 Å². The van der Waals surface area contributed by atoms with Gasteiger partial charge in [0.2, 0.25) is 5.95 Å². The van der Waals surface area contributed by atoms with E-state index in [2.05, 4.69) is 25.1 Å². The van der Waals surface area contributed by atoms with E-state index in [4.69, 9.17) is 20.7 Å². The van der Waals surface area contributed by atoms with Crippen molar-refractivity contribution in [2.45, 2.75) is 19.4 Å². The molecule has 12 nitrogen and oxygen atoms in total. The molecule has 1 saturated heterocycles. The van der Waals surface area contributed by atoms with Gasteiger partial charge in [0, 0.05) is 55.0 Å². The standard InChI is InChI=1S/C22H22FN9O3/c23-19-14(12-34-22(33)30-20(24)25)2-1-3-18(19)15-8-28-21(29-9-15)32-6-4-16(5-7-32)31-35-17-10-26-13-27-11-17/h1-3,8-11,13H,4-7,12H2,(H4,24,25,30,33). The first kappa shape index (κ1) is 23.5. The number of rotatable bonds is 6. The van der Waals surface area contributed by atoms with Crippen LogP contribution in [-0.4, -0.2) is 50.8 Å². The molecule has 1 aromatic carbocycles. The lowest BCUT2D eigenvalue weighted by molar-refractivity contribution is 0.143. The van der Waals surface area contributed by atoms with Gasteiger partial charge in [-0.25, -0.2) is 29.1 Å². The quantitative estimate of drug-likeness (QED) is 0.273. The third kappa shape index (κ3) is 6.22. The van der Waals surface area contributed by atoms with Crippen LogP contribution in [0, 0.1) is 11.2 Å². The highest BCUT2D eigenvalue weighted by Gasteiger charge is 2.19. The molecule has 1 aliphatic heterocycles. The molecule has 3 aromatic rings. The van der Waals surface area contributed by atoms with Gasteiger partial charge in [-0.3, -0.25) is 10.7 Å². The van der Waals surface area contributed by atoms with Crippen LogP contribution in [0.4, 0.5) is 15.1 Å². The van der Waals surface area contributed by atoms with Crippen molar-refractivity contribution in [1.82, 2.24) is 25.3 Å². The molecule has 180 valence electrons. The van der Waals surface area contributed by atoms with E-state index in [0.29, 0.717) is 43.2 Å². The fourth-order valence-corrected chi connectivity index (χ4v) is 3.33. The molecule has 13 heteroatoms. The first-order valence-corrected chi connectivity index (χ1v) is 10.6. The lowest BCUT2D eigenvalue weighted by Gasteiger charge is -2.27. The Morgan fingerprint density at radius 1 is 1.17 bits per heavy atom. The SMILES string of the molecule is N=C(N)NC(=O)OCc1cccc(-c2cnc(N3CCC(=NOc4cncnc4)CC3)nc2)c1F. The van der Waals surface area contributed by atoms with E-state index < -0.39 is 17.9 Å². The van der Waals surface area contributed by atoms with E-state index >= 15 is 0 Å². The van der Waals surface area contributed by atoms with Crippen LogP contribution in [0.1, 0.15) is 18.4 Å². The molecule has 0 atom stereocenters. The molecule has 1 fully saturated rings. The van der Waals surface area contributed by atoms with Crippen LogP contribution in [0.2, 0.25) is 0 Å². The number of oxime groups is 1. The van der Waals surface area contributed by atoms with Gasteiger partial charge in [-0.2, -0.15) is 0 Å². The zero-order valence-corrected chi connectivity index (χ0v) is 18.5. The van der Waals surface area contributed by atoms with E-state index in [1.54, 1.807) is 36.9 Å². The predicted molar refractivity (Wildman–Crippen MR) is 124 cm³/mol. The number of amides is 1. The van der Waals surface area contributed by atoms with Gasteiger partial charge < -0.3 is 20.2 Å². The molecule has 2 aromatic heterocycles. The molecule has 0 bridgehead atoms. The van der Waals surface area contributed by atoms with Crippen molar-refractivity contribution in [3.8, 4) is 16.9 Å². The Balaban J connectivity index is 1.36. The number of piperidine rings is 1. The number of nitrogens with one attached hydrogen (secondary N) is 2. The number of carbonyl (C=O) groups excluding carboxylic acids is 1. The number of aromatic nitrogens is 4. The second kappa shape index (κ2) is 11.0. The third-order valence-electron chi connectivity index (χ3n) is 5.06.